The number of aliphatic hydroxyl groups is 1. The number of para-hydroxylation sites is 2. The van der Waals surface area contributed by atoms with E-state index in [0.29, 0.717) is 0 Å². The van der Waals surface area contributed by atoms with Gasteiger partial charge >= 0.3 is 23.5 Å². The van der Waals surface area contributed by atoms with Gasteiger partial charge in [-0.1, -0.05) is 36.4 Å². The van der Waals surface area contributed by atoms with Crippen LogP contribution in [0.2, 0.25) is 0 Å². The van der Waals surface area contributed by atoms with Crippen molar-refractivity contribution in [1.29, 1.82) is 0 Å². The highest BCUT2D eigenvalue weighted by Gasteiger charge is 2.43. The average Bonchev–Trinajstić information content (AvgIpc) is 3.61. The number of nitro groups is 2. The second kappa shape index (κ2) is 14.6. The summed E-state index contributed by atoms with van der Waals surface area (Å²) >= 11 is 0. The molecule has 0 radical (unpaired) electrons. The molecule has 23 nitrogen and oxygen atoms in total. The van der Waals surface area contributed by atoms with Gasteiger partial charge in [-0.25, -0.2) is 28.6 Å². The first-order valence-electron chi connectivity index (χ1n) is 13.9. The molecule has 2 unspecified atom stereocenters. The van der Waals surface area contributed by atoms with Crippen molar-refractivity contribution < 1.29 is 66.1 Å². The minimum Gasteiger partial charge on any atom is -0.390 e. The number of phosphoric acid groups is 3. The van der Waals surface area contributed by atoms with Crippen LogP contribution in [0, 0.1) is 20.2 Å². The predicted molar refractivity (Wildman–Crippen MR) is 166 cm³/mol. The maximum absolute atomic E-state index is 12.1. The standard InChI is InChI=1S/C24H26N7O16P3/c32-19-9-21(45-20(19)12-44-49(40,41)47-50(42,43)46-48(37,38)39)29-14-27-22-23(25-13-26-24(22)29)28(10-15-5-1-3-7-17(15)30(33)34)11-16-6-2-4-8-18(16)31(35)36/h1-8,13-14,19-21,32H,9-12H2,(H,40,41)(H,42,43)(H2,37,38,39)/t19-,20+,21+/m0/s1. The summed E-state index contributed by atoms with van der Waals surface area (Å²) in [5.41, 5.74) is 0.403. The van der Waals surface area contributed by atoms with Crippen LogP contribution in [-0.2, 0) is 44.7 Å². The lowest BCUT2D eigenvalue weighted by atomic mass is 10.1. The van der Waals surface area contributed by atoms with Crippen LogP contribution in [0.5, 0.6) is 0 Å². The number of nitro benzene ring substituents is 2. The maximum Gasteiger partial charge on any atom is 0.490 e. The Kier molecular flexibility index (Phi) is 10.9. The Balaban J connectivity index is 1.41. The molecule has 1 aliphatic heterocycles. The van der Waals surface area contributed by atoms with Crippen LogP contribution in [0.1, 0.15) is 23.8 Å². The van der Waals surface area contributed by atoms with Crippen LogP contribution in [0.25, 0.3) is 11.2 Å². The molecule has 1 fully saturated rings. The zero-order valence-corrected chi connectivity index (χ0v) is 27.7. The summed E-state index contributed by atoms with van der Waals surface area (Å²) in [4.78, 5) is 73.4. The molecule has 50 heavy (non-hydrogen) atoms. The fourth-order valence-electron chi connectivity index (χ4n) is 5.05. The first-order chi connectivity index (χ1) is 23.4. The third-order valence-corrected chi connectivity index (χ3v) is 10.9. The normalized spacial score (nSPS) is 20.3. The quantitative estimate of drug-likeness (QED) is 0.0660. The number of aromatic nitrogens is 4. The summed E-state index contributed by atoms with van der Waals surface area (Å²) < 4.78 is 53.6. The van der Waals surface area contributed by atoms with E-state index < -0.39 is 58.4 Å². The third kappa shape index (κ3) is 8.98. The van der Waals surface area contributed by atoms with E-state index >= 15 is 0 Å². The topological polar surface area (TPSA) is 322 Å². The summed E-state index contributed by atoms with van der Waals surface area (Å²) in [5.74, 6) is 0.132. The van der Waals surface area contributed by atoms with E-state index in [2.05, 4.69) is 28.1 Å². The number of anilines is 1. The SMILES string of the molecule is O=[N+]([O-])c1ccccc1CN(Cc1ccccc1[N+](=O)[O-])c1ncnc2c1ncn2[C@H]1C[C@H](O)[C@@H](COP(=O)(O)OP(=O)(O)OP(=O)(O)O)O1. The molecule has 4 aromatic rings. The monoisotopic (exact) mass is 761 g/mol. The van der Waals surface area contributed by atoms with Crippen molar-refractivity contribution in [3.63, 3.8) is 0 Å². The molecule has 0 bridgehead atoms. The number of nitrogens with zero attached hydrogens (tertiary/aromatic N) is 7. The van der Waals surface area contributed by atoms with Crippen molar-refractivity contribution in [3.8, 4) is 0 Å². The fraction of sp³-hybridized carbons (Fsp3) is 0.292. The van der Waals surface area contributed by atoms with Crippen LogP contribution in [0.4, 0.5) is 17.2 Å². The molecule has 0 amide bonds. The van der Waals surface area contributed by atoms with Gasteiger partial charge in [-0.15, -0.1) is 0 Å². The van der Waals surface area contributed by atoms with E-state index in [1.54, 1.807) is 17.0 Å². The molecule has 1 aliphatic rings. The van der Waals surface area contributed by atoms with E-state index in [9.17, 15) is 48.8 Å². The number of imidazole rings is 1. The number of benzene rings is 2. The summed E-state index contributed by atoms with van der Waals surface area (Å²) in [6.07, 6.45) is -1.48. The van der Waals surface area contributed by atoms with Crippen molar-refractivity contribution >= 4 is 51.8 Å². The second-order valence-corrected chi connectivity index (χ2v) is 14.9. The zero-order valence-electron chi connectivity index (χ0n) is 25.0. The molecule has 0 spiro atoms. The van der Waals surface area contributed by atoms with Crippen LogP contribution >= 0.6 is 23.5 Å². The van der Waals surface area contributed by atoms with Crippen LogP contribution < -0.4 is 4.90 Å². The Hall–Kier alpha value is -4.08. The van der Waals surface area contributed by atoms with E-state index in [1.165, 1.54) is 47.3 Å². The van der Waals surface area contributed by atoms with E-state index in [-0.39, 0.29) is 59.0 Å². The van der Waals surface area contributed by atoms with Gasteiger partial charge in [-0.2, -0.15) is 8.62 Å². The van der Waals surface area contributed by atoms with E-state index in [1.807, 2.05) is 0 Å². The largest absolute Gasteiger partial charge is 0.490 e. The van der Waals surface area contributed by atoms with Gasteiger partial charge in [0.2, 0.25) is 0 Å². The van der Waals surface area contributed by atoms with Crippen LogP contribution in [0.3, 0.4) is 0 Å². The first-order valence-corrected chi connectivity index (χ1v) is 18.4. The fourth-order valence-corrected chi connectivity index (χ4v) is 8.08. The molecule has 5 N–H and O–H groups in total. The smallest absolute Gasteiger partial charge is 0.390 e. The highest BCUT2D eigenvalue weighted by atomic mass is 31.3. The molecule has 5 rings (SSSR count). The third-order valence-electron chi connectivity index (χ3n) is 7.07. The molecular weight excluding hydrogens is 735 g/mol. The Morgan fingerprint density at radius 1 is 0.880 bits per heavy atom. The lowest BCUT2D eigenvalue weighted by molar-refractivity contribution is -0.385. The summed E-state index contributed by atoms with van der Waals surface area (Å²) in [6.45, 7) is -1.18. The van der Waals surface area contributed by atoms with Gasteiger partial charge in [0.25, 0.3) is 11.4 Å². The molecular formula is C24H26N7O16P3. The number of hydrogen-bond acceptors (Lipinski definition) is 16. The van der Waals surface area contributed by atoms with Crippen molar-refractivity contribution in [2.75, 3.05) is 11.5 Å². The number of aliphatic hydroxyl groups excluding tert-OH is 1. The molecule has 0 saturated carbocycles. The number of fused-ring (bicyclic) bond motifs is 1. The summed E-state index contributed by atoms with van der Waals surface area (Å²) in [5, 5.41) is 34.2. The maximum atomic E-state index is 12.1. The molecule has 3 heterocycles. The Morgan fingerprint density at radius 2 is 1.46 bits per heavy atom. The van der Waals surface area contributed by atoms with Gasteiger partial charge in [-0.05, 0) is 0 Å². The number of phosphoric ester groups is 1. The zero-order chi connectivity index (χ0) is 36.4. The highest BCUT2D eigenvalue weighted by Crippen LogP contribution is 2.66. The first kappa shape index (κ1) is 37.2. The second-order valence-electron chi connectivity index (χ2n) is 10.5. The van der Waals surface area contributed by atoms with Crippen molar-refractivity contribution in [1.82, 2.24) is 19.5 Å². The van der Waals surface area contributed by atoms with Gasteiger partial charge in [0, 0.05) is 29.7 Å². The predicted octanol–water partition coefficient (Wildman–Crippen LogP) is 2.84. The number of rotatable bonds is 15. The summed E-state index contributed by atoms with van der Waals surface area (Å²) in [6, 6.07) is 11.8. The Morgan fingerprint density at radius 3 is 2.02 bits per heavy atom. The molecule has 2 aromatic carbocycles. The van der Waals surface area contributed by atoms with Crippen LogP contribution in [-0.4, -0.2) is 72.9 Å². The molecule has 268 valence electrons. The Bertz CT molecular complexity index is 2000. The lowest BCUT2D eigenvalue weighted by Crippen LogP contribution is -2.26. The molecule has 5 atom stereocenters. The minimum absolute atomic E-state index is 0.132. The van der Waals surface area contributed by atoms with Gasteiger partial charge in [-0.3, -0.25) is 29.3 Å². The highest BCUT2D eigenvalue weighted by molar-refractivity contribution is 7.66. The van der Waals surface area contributed by atoms with Gasteiger partial charge in [0.15, 0.2) is 17.0 Å². The molecule has 1 saturated heterocycles. The van der Waals surface area contributed by atoms with Crippen molar-refractivity contribution in [3.05, 3.63) is 92.5 Å². The van der Waals surface area contributed by atoms with E-state index in [4.69, 9.17) is 14.5 Å². The van der Waals surface area contributed by atoms with Crippen molar-refractivity contribution in [2.45, 2.75) is 37.9 Å². The van der Waals surface area contributed by atoms with E-state index in [0.717, 1.165) is 6.33 Å². The molecule has 26 heteroatoms. The van der Waals surface area contributed by atoms with Gasteiger partial charge in [0.1, 0.15) is 18.7 Å². The Labute approximate surface area is 279 Å². The lowest BCUT2D eigenvalue weighted by Gasteiger charge is -2.24. The average molecular weight is 761 g/mol. The number of ether oxygens (including phenoxy) is 1. The van der Waals surface area contributed by atoms with Gasteiger partial charge in [0.05, 0.1) is 42.0 Å². The minimum atomic E-state index is -5.77. The molecule has 2 aromatic heterocycles. The van der Waals surface area contributed by atoms with Crippen molar-refractivity contribution in [2.24, 2.45) is 0 Å². The van der Waals surface area contributed by atoms with Gasteiger partial charge < -0.3 is 34.3 Å². The molecule has 0 aliphatic carbocycles. The number of hydrogen-bond donors (Lipinski definition) is 5. The van der Waals surface area contributed by atoms with Crippen LogP contribution in [0.15, 0.2) is 61.2 Å². The summed E-state index contributed by atoms with van der Waals surface area (Å²) in [7, 11) is -16.9.